The van der Waals surface area contributed by atoms with Crippen LogP contribution in [0.25, 0.3) is 0 Å². The van der Waals surface area contributed by atoms with E-state index in [1.165, 1.54) is 44.1 Å². The van der Waals surface area contributed by atoms with Gasteiger partial charge in [0.25, 0.3) is 0 Å². The van der Waals surface area contributed by atoms with Crippen LogP contribution in [0.1, 0.15) is 49.7 Å². The maximum atomic E-state index is 9.70. The number of phenols is 1. The average Bonchev–Trinajstić information content (AvgIpc) is 2.36. The van der Waals surface area contributed by atoms with Crippen molar-refractivity contribution in [3.63, 3.8) is 0 Å². The van der Waals surface area contributed by atoms with Crippen LogP contribution in [0.2, 0.25) is 5.02 Å². The number of phenolic OH excluding ortho intramolecular Hbond substituents is 1. The van der Waals surface area contributed by atoms with Crippen molar-refractivity contribution >= 4 is 11.6 Å². The Balaban J connectivity index is 2.05. The fourth-order valence-corrected chi connectivity index (χ4v) is 4.09. The zero-order chi connectivity index (χ0) is 12.0. The van der Waals surface area contributed by atoms with Gasteiger partial charge in [-0.1, -0.05) is 17.7 Å². The highest BCUT2D eigenvalue weighted by Crippen LogP contribution is 2.53. The third-order valence-corrected chi connectivity index (χ3v) is 5.26. The second kappa shape index (κ2) is 3.91. The topological polar surface area (TPSA) is 20.2 Å². The summed E-state index contributed by atoms with van der Waals surface area (Å²) < 4.78 is 0. The minimum Gasteiger partial charge on any atom is -0.508 e. The first-order valence-electron chi connectivity index (χ1n) is 6.60. The molecule has 3 saturated carbocycles. The van der Waals surface area contributed by atoms with Crippen LogP contribution in [0.5, 0.6) is 5.75 Å². The van der Waals surface area contributed by atoms with Gasteiger partial charge in [0, 0.05) is 5.02 Å². The summed E-state index contributed by atoms with van der Waals surface area (Å²) in [5.74, 6) is 1.29. The Hall–Kier alpha value is -0.690. The van der Waals surface area contributed by atoms with Crippen molar-refractivity contribution in [1.29, 1.82) is 0 Å². The lowest BCUT2D eigenvalue weighted by atomic mass is 9.58. The number of hydrogen-bond acceptors (Lipinski definition) is 1. The molecule has 1 nitrogen and oxygen atoms in total. The molecule has 1 aromatic rings. The molecule has 4 rings (SSSR count). The summed E-state index contributed by atoms with van der Waals surface area (Å²) in [4.78, 5) is 0. The summed E-state index contributed by atoms with van der Waals surface area (Å²) in [6.45, 7) is 1.96. The van der Waals surface area contributed by atoms with Crippen LogP contribution in [0.15, 0.2) is 12.1 Å². The maximum absolute atomic E-state index is 9.70. The Kier molecular flexibility index (Phi) is 2.62. The lowest BCUT2D eigenvalue weighted by Crippen LogP contribution is -2.37. The van der Waals surface area contributed by atoms with E-state index in [2.05, 4.69) is 6.07 Å². The molecule has 17 heavy (non-hydrogen) atoms. The Morgan fingerprint density at radius 3 is 2.35 bits per heavy atom. The minimum atomic E-state index is 0.310. The molecule has 2 heteroatoms. The van der Waals surface area contributed by atoms with Gasteiger partial charge in [-0.05, 0) is 74.0 Å². The van der Waals surface area contributed by atoms with E-state index in [9.17, 15) is 5.11 Å². The molecule has 0 saturated heterocycles. The zero-order valence-electron chi connectivity index (χ0n) is 10.3. The quantitative estimate of drug-likeness (QED) is 0.774. The first-order chi connectivity index (χ1) is 8.11. The SMILES string of the molecule is Cc1cc(C23CCC(CC2)CC3)c(Cl)cc1O. The summed E-state index contributed by atoms with van der Waals surface area (Å²) in [6.07, 6.45) is 7.91. The molecular formula is C15H19ClO. The average molecular weight is 251 g/mol. The van der Waals surface area contributed by atoms with Gasteiger partial charge in [-0.3, -0.25) is 0 Å². The maximum Gasteiger partial charge on any atom is 0.119 e. The van der Waals surface area contributed by atoms with Gasteiger partial charge >= 0.3 is 0 Å². The van der Waals surface area contributed by atoms with Crippen molar-refractivity contribution < 1.29 is 5.11 Å². The van der Waals surface area contributed by atoms with Crippen molar-refractivity contribution in [2.45, 2.75) is 50.9 Å². The standard InChI is InChI=1S/C15H19ClO/c1-10-8-12(13(16)9-14(10)17)15-5-2-11(3-6-15)4-7-15/h8-9,11,17H,2-7H2,1H3. The molecule has 3 aliphatic rings. The second-order valence-corrected chi connectivity index (χ2v) is 6.29. The number of rotatable bonds is 1. The van der Waals surface area contributed by atoms with Crippen LogP contribution in [0.3, 0.4) is 0 Å². The molecule has 0 amide bonds. The molecule has 0 aromatic heterocycles. The van der Waals surface area contributed by atoms with Crippen LogP contribution in [-0.4, -0.2) is 5.11 Å². The van der Waals surface area contributed by atoms with Crippen molar-refractivity contribution in [1.82, 2.24) is 0 Å². The largest absolute Gasteiger partial charge is 0.508 e. The molecule has 0 heterocycles. The summed E-state index contributed by atoms with van der Waals surface area (Å²) in [5.41, 5.74) is 2.55. The van der Waals surface area contributed by atoms with E-state index in [0.717, 1.165) is 16.5 Å². The van der Waals surface area contributed by atoms with E-state index < -0.39 is 0 Å². The van der Waals surface area contributed by atoms with E-state index in [-0.39, 0.29) is 0 Å². The van der Waals surface area contributed by atoms with Crippen molar-refractivity contribution in [2.24, 2.45) is 5.92 Å². The van der Waals surface area contributed by atoms with Crippen LogP contribution in [-0.2, 0) is 5.41 Å². The van der Waals surface area contributed by atoms with Gasteiger partial charge in [0.15, 0.2) is 0 Å². The molecule has 0 unspecified atom stereocenters. The number of aryl methyl sites for hydroxylation is 1. The summed E-state index contributed by atoms with van der Waals surface area (Å²) in [7, 11) is 0. The molecule has 1 N–H and O–H groups in total. The molecule has 3 fully saturated rings. The molecule has 0 radical (unpaired) electrons. The summed E-state index contributed by atoms with van der Waals surface area (Å²) >= 11 is 6.36. The van der Waals surface area contributed by atoms with Gasteiger partial charge in [-0.2, -0.15) is 0 Å². The fraction of sp³-hybridized carbons (Fsp3) is 0.600. The van der Waals surface area contributed by atoms with Crippen LogP contribution in [0.4, 0.5) is 0 Å². The molecule has 0 atom stereocenters. The highest BCUT2D eigenvalue weighted by Gasteiger charge is 2.42. The van der Waals surface area contributed by atoms with Crippen LogP contribution in [0, 0.1) is 12.8 Å². The predicted octanol–water partition coefficient (Wildman–Crippen LogP) is 4.58. The second-order valence-electron chi connectivity index (χ2n) is 5.88. The monoisotopic (exact) mass is 250 g/mol. The third-order valence-electron chi connectivity index (χ3n) is 4.95. The Bertz CT molecular complexity index is 431. The molecule has 0 aliphatic heterocycles. The van der Waals surface area contributed by atoms with Crippen molar-refractivity contribution in [3.05, 3.63) is 28.3 Å². The van der Waals surface area contributed by atoms with E-state index in [1.807, 2.05) is 6.92 Å². The normalized spacial score (nSPS) is 31.8. The molecule has 92 valence electrons. The Morgan fingerprint density at radius 1 is 1.18 bits per heavy atom. The van der Waals surface area contributed by atoms with Gasteiger partial charge in [0.2, 0.25) is 0 Å². The number of aromatic hydroxyl groups is 1. The van der Waals surface area contributed by atoms with E-state index in [0.29, 0.717) is 11.2 Å². The lowest BCUT2D eigenvalue weighted by Gasteiger charge is -2.47. The first-order valence-corrected chi connectivity index (χ1v) is 6.98. The van der Waals surface area contributed by atoms with Gasteiger partial charge < -0.3 is 5.11 Å². The highest BCUT2D eigenvalue weighted by molar-refractivity contribution is 6.31. The minimum absolute atomic E-state index is 0.310. The molecule has 3 aliphatic carbocycles. The third kappa shape index (κ3) is 1.76. The predicted molar refractivity (Wildman–Crippen MR) is 70.7 cm³/mol. The zero-order valence-corrected chi connectivity index (χ0v) is 11.1. The van der Waals surface area contributed by atoms with Gasteiger partial charge in [-0.25, -0.2) is 0 Å². The highest BCUT2D eigenvalue weighted by atomic mass is 35.5. The number of benzene rings is 1. The van der Waals surface area contributed by atoms with Crippen molar-refractivity contribution in [3.8, 4) is 5.75 Å². The smallest absolute Gasteiger partial charge is 0.119 e. The number of halogens is 1. The number of hydrogen-bond donors (Lipinski definition) is 1. The van der Waals surface area contributed by atoms with E-state index in [4.69, 9.17) is 11.6 Å². The van der Waals surface area contributed by atoms with E-state index >= 15 is 0 Å². The summed E-state index contributed by atoms with van der Waals surface area (Å²) in [6, 6.07) is 3.84. The number of fused-ring (bicyclic) bond motifs is 3. The first kappa shape index (κ1) is 11.4. The molecular weight excluding hydrogens is 232 g/mol. The lowest BCUT2D eigenvalue weighted by molar-refractivity contribution is 0.136. The molecule has 2 bridgehead atoms. The molecule has 0 spiro atoms. The van der Waals surface area contributed by atoms with Crippen LogP contribution >= 0.6 is 11.6 Å². The van der Waals surface area contributed by atoms with Gasteiger partial charge in [-0.15, -0.1) is 0 Å². The Morgan fingerprint density at radius 2 is 1.76 bits per heavy atom. The van der Waals surface area contributed by atoms with E-state index in [1.54, 1.807) is 6.07 Å². The van der Waals surface area contributed by atoms with Crippen molar-refractivity contribution in [2.75, 3.05) is 0 Å². The van der Waals surface area contributed by atoms with Crippen LogP contribution < -0.4 is 0 Å². The van der Waals surface area contributed by atoms with Gasteiger partial charge in [0.1, 0.15) is 5.75 Å². The Labute approximate surface area is 108 Å². The summed E-state index contributed by atoms with van der Waals surface area (Å²) in [5, 5.41) is 10.5. The van der Waals surface area contributed by atoms with Gasteiger partial charge in [0.05, 0.1) is 0 Å². The fourth-order valence-electron chi connectivity index (χ4n) is 3.73. The molecule has 1 aromatic carbocycles.